The number of hydrogen-bond donors (Lipinski definition) is 0. The van der Waals surface area contributed by atoms with Crippen LogP contribution in [0.15, 0.2) is 18.2 Å². The van der Waals surface area contributed by atoms with Gasteiger partial charge in [0.1, 0.15) is 5.82 Å². The highest BCUT2D eigenvalue weighted by atomic mass is 15.2. The summed E-state index contributed by atoms with van der Waals surface area (Å²) < 4.78 is 2.43. The van der Waals surface area contributed by atoms with Crippen LogP contribution >= 0.6 is 0 Å². The Morgan fingerprint density at radius 3 is 2.70 bits per heavy atom. The van der Waals surface area contributed by atoms with Crippen LogP contribution in [-0.4, -0.2) is 33.6 Å². The van der Waals surface area contributed by atoms with Crippen molar-refractivity contribution in [2.75, 3.05) is 13.1 Å². The monoisotopic (exact) mass is 271 g/mol. The van der Waals surface area contributed by atoms with E-state index in [1.54, 1.807) is 0 Å². The van der Waals surface area contributed by atoms with Gasteiger partial charge in [0.2, 0.25) is 0 Å². The Morgan fingerprint density at radius 2 is 2.00 bits per heavy atom. The van der Waals surface area contributed by atoms with Crippen molar-refractivity contribution in [3.05, 3.63) is 29.6 Å². The number of rotatable bonds is 5. The number of para-hydroxylation sites is 1. The number of hydrogen-bond acceptors (Lipinski definition) is 2. The molecule has 3 nitrogen and oxygen atoms in total. The summed E-state index contributed by atoms with van der Waals surface area (Å²) in [6, 6.07) is 7.20. The van der Waals surface area contributed by atoms with Crippen molar-refractivity contribution in [3.63, 3.8) is 0 Å². The highest BCUT2D eigenvalue weighted by Crippen LogP contribution is 2.28. The topological polar surface area (TPSA) is 21.1 Å². The van der Waals surface area contributed by atoms with Crippen LogP contribution < -0.4 is 0 Å². The lowest BCUT2D eigenvalue weighted by molar-refractivity contribution is 0.173. The van der Waals surface area contributed by atoms with E-state index in [1.807, 2.05) is 0 Å². The Bertz CT molecular complexity index is 594. The Labute approximate surface area is 121 Å². The predicted molar refractivity (Wildman–Crippen MR) is 84.1 cm³/mol. The Balaban J connectivity index is 1.95. The fraction of sp³-hybridized carbons (Fsp3) is 0.588. The molecule has 1 aromatic heterocycles. The average Bonchev–Trinajstić information content (AvgIpc) is 2.77. The Hall–Kier alpha value is -1.35. The first-order valence-electron chi connectivity index (χ1n) is 7.93. The number of imidazole rings is 1. The molecule has 0 N–H and O–H groups in total. The van der Waals surface area contributed by atoms with E-state index in [1.165, 1.54) is 43.4 Å². The summed E-state index contributed by atoms with van der Waals surface area (Å²) in [5.74, 6) is 1.16. The minimum atomic E-state index is 0.626. The van der Waals surface area contributed by atoms with Crippen molar-refractivity contribution in [1.82, 2.24) is 14.5 Å². The molecule has 1 atom stereocenters. The number of aryl methyl sites for hydroxylation is 1. The highest BCUT2D eigenvalue weighted by molar-refractivity contribution is 5.80. The minimum Gasteiger partial charge on any atom is -0.326 e. The molecule has 1 unspecified atom stereocenters. The van der Waals surface area contributed by atoms with Crippen LogP contribution in [0.3, 0.4) is 0 Å². The van der Waals surface area contributed by atoms with Crippen molar-refractivity contribution in [2.24, 2.45) is 0 Å². The maximum Gasteiger partial charge on any atom is 0.106 e. The molecular weight excluding hydrogens is 246 g/mol. The summed E-state index contributed by atoms with van der Waals surface area (Å²) in [5.41, 5.74) is 4.00. The molecule has 0 bridgehead atoms. The number of benzene rings is 1. The maximum absolute atomic E-state index is 4.71. The van der Waals surface area contributed by atoms with Crippen LogP contribution in [0.1, 0.15) is 38.1 Å². The largest absolute Gasteiger partial charge is 0.326 e. The molecule has 0 fully saturated rings. The second kappa shape index (κ2) is 5.57. The third-order valence-electron chi connectivity index (χ3n) is 4.43. The van der Waals surface area contributed by atoms with E-state index in [9.17, 15) is 0 Å². The van der Waals surface area contributed by atoms with Gasteiger partial charge < -0.3 is 4.57 Å². The number of aromatic nitrogens is 2. The summed E-state index contributed by atoms with van der Waals surface area (Å²) in [6.45, 7) is 10.2. The Morgan fingerprint density at radius 1 is 1.25 bits per heavy atom. The molecule has 1 aromatic carbocycles. The van der Waals surface area contributed by atoms with Crippen molar-refractivity contribution >= 4 is 11.0 Å². The SMILES string of the molecule is CCCN(CCC)C1Cc2cccc3nc(C)n(c23)C1. The fourth-order valence-electron chi connectivity index (χ4n) is 3.59. The third kappa shape index (κ3) is 2.24. The van der Waals surface area contributed by atoms with E-state index in [0.717, 1.165) is 17.9 Å². The van der Waals surface area contributed by atoms with Crippen molar-refractivity contribution in [3.8, 4) is 0 Å². The van der Waals surface area contributed by atoms with Crippen LogP contribution in [0.2, 0.25) is 0 Å². The van der Waals surface area contributed by atoms with E-state index in [-0.39, 0.29) is 0 Å². The summed E-state index contributed by atoms with van der Waals surface area (Å²) in [7, 11) is 0. The molecule has 0 saturated heterocycles. The lowest BCUT2D eigenvalue weighted by Gasteiger charge is -2.35. The average molecular weight is 271 g/mol. The predicted octanol–water partition coefficient (Wildman–Crippen LogP) is 3.39. The standard InChI is InChI=1S/C17H25N3/c1-4-9-19(10-5-2)15-11-14-7-6-8-16-17(14)20(12-15)13(3)18-16/h6-8,15H,4-5,9-12H2,1-3H3. The molecule has 3 rings (SSSR count). The van der Waals surface area contributed by atoms with Crippen LogP contribution in [0, 0.1) is 6.92 Å². The lowest BCUT2D eigenvalue weighted by atomic mass is 9.99. The first-order chi connectivity index (χ1) is 9.74. The number of nitrogens with zero attached hydrogens (tertiary/aromatic N) is 3. The third-order valence-corrected chi connectivity index (χ3v) is 4.43. The molecule has 0 saturated carbocycles. The van der Waals surface area contributed by atoms with Gasteiger partial charge in [-0.1, -0.05) is 26.0 Å². The fourth-order valence-corrected chi connectivity index (χ4v) is 3.59. The minimum absolute atomic E-state index is 0.626. The molecule has 0 radical (unpaired) electrons. The zero-order valence-corrected chi connectivity index (χ0v) is 12.9. The van der Waals surface area contributed by atoms with Gasteiger partial charge in [-0.3, -0.25) is 4.90 Å². The van der Waals surface area contributed by atoms with Crippen LogP contribution in [0.4, 0.5) is 0 Å². The first kappa shape index (κ1) is 13.6. The van der Waals surface area contributed by atoms with Gasteiger partial charge in [-0.25, -0.2) is 4.98 Å². The van der Waals surface area contributed by atoms with E-state index < -0.39 is 0 Å². The van der Waals surface area contributed by atoms with Gasteiger partial charge in [-0.2, -0.15) is 0 Å². The van der Waals surface area contributed by atoms with E-state index in [2.05, 4.69) is 48.4 Å². The quantitative estimate of drug-likeness (QED) is 0.831. The normalized spacial score (nSPS) is 18.1. The lowest BCUT2D eigenvalue weighted by Crippen LogP contribution is -2.42. The molecule has 1 aliphatic rings. The van der Waals surface area contributed by atoms with Gasteiger partial charge in [0.05, 0.1) is 11.0 Å². The zero-order valence-electron chi connectivity index (χ0n) is 12.9. The van der Waals surface area contributed by atoms with Crippen LogP contribution in [0.5, 0.6) is 0 Å². The first-order valence-corrected chi connectivity index (χ1v) is 7.93. The molecule has 0 amide bonds. The van der Waals surface area contributed by atoms with Gasteiger partial charge in [0.25, 0.3) is 0 Å². The molecule has 2 heterocycles. The van der Waals surface area contributed by atoms with Crippen molar-refractivity contribution in [1.29, 1.82) is 0 Å². The Kier molecular flexibility index (Phi) is 3.79. The summed E-state index contributed by atoms with van der Waals surface area (Å²) in [5, 5.41) is 0. The molecule has 0 aliphatic carbocycles. The van der Waals surface area contributed by atoms with Gasteiger partial charge >= 0.3 is 0 Å². The molecule has 20 heavy (non-hydrogen) atoms. The molecule has 108 valence electrons. The second-order valence-electron chi connectivity index (χ2n) is 5.95. The second-order valence-corrected chi connectivity index (χ2v) is 5.95. The van der Waals surface area contributed by atoms with Crippen LogP contribution in [-0.2, 0) is 13.0 Å². The zero-order chi connectivity index (χ0) is 14.1. The molecule has 2 aromatic rings. The molecule has 3 heteroatoms. The maximum atomic E-state index is 4.71. The smallest absolute Gasteiger partial charge is 0.106 e. The highest BCUT2D eigenvalue weighted by Gasteiger charge is 2.26. The van der Waals surface area contributed by atoms with Gasteiger partial charge in [-0.05, 0) is 50.9 Å². The summed E-state index contributed by atoms with van der Waals surface area (Å²) in [6.07, 6.45) is 3.63. The van der Waals surface area contributed by atoms with Crippen LogP contribution in [0.25, 0.3) is 11.0 Å². The van der Waals surface area contributed by atoms with E-state index in [4.69, 9.17) is 4.98 Å². The van der Waals surface area contributed by atoms with Gasteiger partial charge in [0, 0.05) is 12.6 Å². The van der Waals surface area contributed by atoms with Gasteiger partial charge in [0.15, 0.2) is 0 Å². The van der Waals surface area contributed by atoms with Gasteiger partial charge in [-0.15, -0.1) is 0 Å². The molecule has 0 spiro atoms. The summed E-state index contributed by atoms with van der Waals surface area (Å²) in [4.78, 5) is 7.38. The molecular formula is C17H25N3. The van der Waals surface area contributed by atoms with E-state index >= 15 is 0 Å². The van der Waals surface area contributed by atoms with Crippen molar-refractivity contribution < 1.29 is 0 Å². The van der Waals surface area contributed by atoms with Crippen molar-refractivity contribution in [2.45, 2.75) is 52.6 Å². The molecule has 1 aliphatic heterocycles. The summed E-state index contributed by atoms with van der Waals surface area (Å²) >= 11 is 0. The van der Waals surface area contributed by atoms with E-state index in [0.29, 0.717) is 6.04 Å².